The molecule has 0 radical (unpaired) electrons. The normalized spacial score (nSPS) is 17.7. The number of benzene rings is 2. The largest absolute Gasteiger partial charge is 0.477 e. The summed E-state index contributed by atoms with van der Waals surface area (Å²) in [7, 11) is 0. The average Bonchev–Trinajstić information content (AvgIpc) is 3.84. The number of carbonyl (C=O) groups is 1. The number of H-pyrrole nitrogens is 1. The third-order valence-corrected chi connectivity index (χ3v) is 9.19. The number of nitrogens with zero attached hydrogens (tertiary/aromatic N) is 3. The van der Waals surface area contributed by atoms with E-state index in [1.54, 1.807) is 10.6 Å². The lowest BCUT2D eigenvalue weighted by atomic mass is 9.96. The van der Waals surface area contributed by atoms with Crippen molar-refractivity contribution in [3.63, 3.8) is 0 Å². The number of anilines is 2. The molecule has 2 aliphatic rings. The second kappa shape index (κ2) is 12.7. The zero-order chi connectivity index (χ0) is 32.7. The Morgan fingerprint density at radius 1 is 1.11 bits per heavy atom. The van der Waals surface area contributed by atoms with E-state index in [0.29, 0.717) is 42.8 Å². The van der Waals surface area contributed by atoms with Gasteiger partial charge in [-0.25, -0.2) is 14.0 Å². The molecule has 242 valence electrons. The number of aryl methyl sites for hydroxylation is 2. The lowest BCUT2D eigenvalue weighted by Gasteiger charge is -2.38. The van der Waals surface area contributed by atoms with Crippen LogP contribution in [0.15, 0.2) is 57.0 Å². The zero-order valence-electron chi connectivity index (χ0n) is 26.2. The molecule has 11 nitrogen and oxygen atoms in total. The van der Waals surface area contributed by atoms with E-state index in [9.17, 15) is 24.3 Å². The van der Waals surface area contributed by atoms with Crippen LogP contribution in [0.2, 0.25) is 0 Å². The van der Waals surface area contributed by atoms with Crippen LogP contribution in [0.3, 0.4) is 0 Å². The first-order valence-electron chi connectivity index (χ1n) is 15.8. The van der Waals surface area contributed by atoms with Gasteiger partial charge in [-0.1, -0.05) is 6.07 Å². The van der Waals surface area contributed by atoms with E-state index in [2.05, 4.69) is 27.4 Å². The van der Waals surface area contributed by atoms with Gasteiger partial charge in [0, 0.05) is 73.2 Å². The van der Waals surface area contributed by atoms with Crippen LogP contribution in [-0.2, 0) is 6.54 Å². The first-order chi connectivity index (χ1) is 22.0. The molecular weight excluding hydrogens is 591 g/mol. The van der Waals surface area contributed by atoms with Crippen LogP contribution in [0.5, 0.6) is 0 Å². The third kappa shape index (κ3) is 6.40. The summed E-state index contributed by atoms with van der Waals surface area (Å²) in [4.78, 5) is 55.8. The maximum absolute atomic E-state index is 16.0. The number of carboxylic acid groups (broad SMARTS) is 1. The van der Waals surface area contributed by atoms with Gasteiger partial charge in [0.1, 0.15) is 17.2 Å². The Bertz CT molecular complexity index is 1960. The molecule has 1 aliphatic heterocycles. The molecule has 1 aliphatic carbocycles. The van der Waals surface area contributed by atoms with Crippen LogP contribution in [-0.4, -0.2) is 55.8 Å². The zero-order valence-corrected chi connectivity index (χ0v) is 26.2. The molecule has 2 fully saturated rings. The summed E-state index contributed by atoms with van der Waals surface area (Å²) in [5, 5.41) is 16.2. The Hall–Kier alpha value is -4.55. The van der Waals surface area contributed by atoms with Gasteiger partial charge in [0.2, 0.25) is 5.43 Å². The van der Waals surface area contributed by atoms with Crippen LogP contribution in [0, 0.1) is 19.7 Å². The first kappa shape index (κ1) is 31.4. The number of halogens is 1. The summed E-state index contributed by atoms with van der Waals surface area (Å²) in [6.07, 6.45) is 3.95. The molecule has 6 rings (SSSR count). The second-order valence-corrected chi connectivity index (χ2v) is 12.6. The summed E-state index contributed by atoms with van der Waals surface area (Å²) in [6, 6.07) is 9.85. The van der Waals surface area contributed by atoms with Crippen LogP contribution in [0.4, 0.5) is 15.9 Å². The van der Waals surface area contributed by atoms with Crippen LogP contribution in [0.25, 0.3) is 10.9 Å². The molecule has 3 heterocycles. The van der Waals surface area contributed by atoms with E-state index in [0.717, 1.165) is 40.8 Å². The minimum absolute atomic E-state index is 0.0491. The van der Waals surface area contributed by atoms with Crippen molar-refractivity contribution >= 4 is 28.4 Å². The molecule has 0 amide bonds. The fraction of sp³-hybridized carbons (Fsp3) is 0.412. The SMILES string of the molecule is Cc1ccc(Nc2cc(=O)n(CCC[C@H](c3cc4c(cc3F)c(=O)c(C(=O)O)cn4C3CC3)N3CCNC(C)C3)c(=O)[nH]2)cc1C. The summed E-state index contributed by atoms with van der Waals surface area (Å²) in [6.45, 7) is 8.24. The van der Waals surface area contributed by atoms with Crippen molar-refractivity contribution in [2.45, 2.75) is 71.1 Å². The number of hydrogen-bond acceptors (Lipinski definition) is 7. The predicted octanol–water partition coefficient (Wildman–Crippen LogP) is 4.20. The average molecular weight is 631 g/mol. The number of rotatable bonds is 10. The molecule has 1 saturated carbocycles. The minimum Gasteiger partial charge on any atom is -0.477 e. The van der Waals surface area contributed by atoms with Crippen molar-refractivity contribution in [2.24, 2.45) is 0 Å². The smallest absolute Gasteiger partial charge is 0.341 e. The summed E-state index contributed by atoms with van der Waals surface area (Å²) in [5.74, 6) is -1.62. The van der Waals surface area contributed by atoms with Crippen molar-refractivity contribution in [3.8, 4) is 0 Å². The topological polar surface area (TPSA) is 141 Å². The number of hydrogen-bond donors (Lipinski definition) is 4. The van der Waals surface area contributed by atoms with E-state index in [4.69, 9.17) is 0 Å². The van der Waals surface area contributed by atoms with Gasteiger partial charge in [-0.15, -0.1) is 0 Å². The number of pyridine rings is 1. The van der Waals surface area contributed by atoms with Crippen LogP contribution < -0.4 is 27.3 Å². The number of nitrogens with one attached hydrogen (secondary N) is 3. The molecule has 1 unspecified atom stereocenters. The van der Waals surface area contributed by atoms with E-state index in [-0.39, 0.29) is 29.6 Å². The van der Waals surface area contributed by atoms with Crippen molar-refractivity contribution in [1.82, 2.24) is 24.3 Å². The van der Waals surface area contributed by atoms with Gasteiger partial charge >= 0.3 is 11.7 Å². The molecule has 0 bridgehead atoms. The quantitative estimate of drug-likeness (QED) is 0.204. The highest BCUT2D eigenvalue weighted by molar-refractivity contribution is 5.93. The van der Waals surface area contributed by atoms with E-state index < -0.39 is 34.5 Å². The van der Waals surface area contributed by atoms with E-state index in [1.165, 1.54) is 18.3 Å². The molecule has 2 aromatic carbocycles. The summed E-state index contributed by atoms with van der Waals surface area (Å²) >= 11 is 0. The fourth-order valence-electron chi connectivity index (χ4n) is 6.45. The predicted molar refractivity (Wildman–Crippen MR) is 175 cm³/mol. The van der Waals surface area contributed by atoms with Crippen LogP contribution in [0.1, 0.15) is 71.7 Å². The second-order valence-electron chi connectivity index (χ2n) is 12.6. The van der Waals surface area contributed by atoms with Gasteiger partial charge in [0.05, 0.1) is 5.52 Å². The Morgan fingerprint density at radius 3 is 2.57 bits per heavy atom. The molecule has 2 aromatic heterocycles. The van der Waals surface area contributed by atoms with Gasteiger partial charge in [-0.2, -0.15) is 0 Å². The fourth-order valence-corrected chi connectivity index (χ4v) is 6.45. The third-order valence-electron chi connectivity index (χ3n) is 9.19. The number of aromatic carboxylic acids is 1. The highest BCUT2D eigenvalue weighted by Crippen LogP contribution is 2.39. The lowest BCUT2D eigenvalue weighted by molar-refractivity contribution is 0.0694. The highest BCUT2D eigenvalue weighted by atomic mass is 19.1. The molecular formula is C34H39FN6O5. The van der Waals surface area contributed by atoms with Gasteiger partial charge in [0.25, 0.3) is 5.56 Å². The molecule has 12 heteroatoms. The number of carboxylic acids is 1. The van der Waals surface area contributed by atoms with E-state index in [1.807, 2.05) is 32.0 Å². The van der Waals surface area contributed by atoms with Gasteiger partial charge in [-0.05, 0) is 81.8 Å². The minimum atomic E-state index is -1.34. The van der Waals surface area contributed by atoms with Crippen molar-refractivity contribution in [2.75, 3.05) is 25.0 Å². The van der Waals surface area contributed by atoms with Gasteiger partial charge in [-0.3, -0.25) is 24.0 Å². The molecule has 4 N–H and O–H groups in total. The molecule has 0 spiro atoms. The Balaban J connectivity index is 1.29. The number of fused-ring (bicyclic) bond motifs is 1. The Labute approximate surface area is 264 Å². The van der Waals surface area contributed by atoms with Crippen LogP contribution >= 0.6 is 0 Å². The molecule has 1 saturated heterocycles. The molecule has 4 aromatic rings. The van der Waals surface area contributed by atoms with E-state index >= 15 is 4.39 Å². The van der Waals surface area contributed by atoms with Crippen molar-refractivity contribution < 1.29 is 14.3 Å². The summed E-state index contributed by atoms with van der Waals surface area (Å²) < 4.78 is 18.9. The Kier molecular flexibility index (Phi) is 8.67. The summed E-state index contributed by atoms with van der Waals surface area (Å²) in [5.41, 5.74) is 1.85. The molecule has 2 atom stereocenters. The lowest BCUT2D eigenvalue weighted by Crippen LogP contribution is -2.50. The standard InChI is InChI=1S/C34H39FN6O5/c1-19-6-7-22(13-20(19)2)37-30-16-31(42)40(34(46)38-30)11-4-5-28(39-12-10-36-21(3)17-39)24-15-29-25(14-27(24)35)32(43)26(33(44)45)18-41(29)23-8-9-23/h6-7,13-16,18,21,23,28,36-37H,4-5,8-12,17H2,1-3H3,(H,38,46)(H,44,45)/t21?,28-/m1/s1. The monoisotopic (exact) mass is 630 g/mol. The first-order valence-corrected chi connectivity index (χ1v) is 15.8. The van der Waals surface area contributed by atoms with Crippen molar-refractivity contribution in [1.29, 1.82) is 0 Å². The van der Waals surface area contributed by atoms with Gasteiger partial charge in [0.15, 0.2) is 0 Å². The molecule has 46 heavy (non-hydrogen) atoms. The van der Waals surface area contributed by atoms with Crippen molar-refractivity contribution in [3.05, 3.63) is 102 Å². The maximum atomic E-state index is 16.0. The number of aromatic nitrogens is 3. The number of piperazine rings is 1. The van der Waals surface area contributed by atoms with Gasteiger partial charge < -0.3 is 20.3 Å². The Morgan fingerprint density at radius 2 is 1.89 bits per heavy atom. The number of aromatic amines is 1. The highest BCUT2D eigenvalue weighted by Gasteiger charge is 2.31. The maximum Gasteiger partial charge on any atom is 0.341 e.